The van der Waals surface area contributed by atoms with E-state index in [0.717, 1.165) is 22.5 Å². The van der Waals surface area contributed by atoms with Crippen molar-refractivity contribution in [2.75, 3.05) is 23.3 Å². The van der Waals surface area contributed by atoms with Crippen LogP contribution in [0.25, 0.3) is 11.0 Å². The van der Waals surface area contributed by atoms with Crippen molar-refractivity contribution in [3.63, 3.8) is 0 Å². The Bertz CT molecular complexity index is 756. The zero-order valence-corrected chi connectivity index (χ0v) is 12.4. The number of aromatic nitrogens is 3. The number of nitrogens with one attached hydrogen (secondary N) is 2. The fourth-order valence-corrected chi connectivity index (χ4v) is 3.02. The van der Waals surface area contributed by atoms with Crippen molar-refractivity contribution in [3.05, 3.63) is 42.9 Å². The van der Waals surface area contributed by atoms with Crippen LogP contribution in [-0.2, 0) is 0 Å². The zero-order chi connectivity index (χ0) is 14.8. The van der Waals surface area contributed by atoms with Gasteiger partial charge in [0.05, 0.1) is 5.39 Å². The minimum Gasteiger partial charge on any atom is -0.372 e. The van der Waals surface area contributed by atoms with Crippen LogP contribution in [0, 0.1) is 0 Å². The van der Waals surface area contributed by atoms with E-state index in [1.807, 2.05) is 12.3 Å². The number of fused-ring (bicyclic) bond motifs is 1. The molecule has 5 nitrogen and oxygen atoms in total. The standard InChI is InChI=1S/C17H19N5/c1-2-10-22(11-3-1)14-6-4-13(5-7-14)21-17-15-8-9-18-16(15)19-12-20-17/h4-9,12H,1-3,10-11H2,(H2,18,19,20,21). The first-order valence-electron chi connectivity index (χ1n) is 7.80. The van der Waals surface area contributed by atoms with Crippen LogP contribution in [0.1, 0.15) is 19.3 Å². The molecule has 2 aromatic heterocycles. The van der Waals surface area contributed by atoms with Crippen LogP contribution < -0.4 is 10.2 Å². The maximum absolute atomic E-state index is 4.33. The molecule has 4 rings (SSSR count). The maximum Gasteiger partial charge on any atom is 0.143 e. The van der Waals surface area contributed by atoms with Crippen LogP contribution in [0.2, 0.25) is 0 Å². The van der Waals surface area contributed by atoms with Gasteiger partial charge in [-0.25, -0.2) is 9.97 Å². The molecule has 3 aromatic rings. The second kappa shape index (κ2) is 5.67. The number of nitrogens with zero attached hydrogens (tertiary/aromatic N) is 3. The molecular weight excluding hydrogens is 274 g/mol. The molecule has 1 aliphatic rings. The largest absolute Gasteiger partial charge is 0.372 e. The van der Waals surface area contributed by atoms with Gasteiger partial charge in [0.15, 0.2) is 0 Å². The maximum atomic E-state index is 4.33. The molecule has 2 N–H and O–H groups in total. The van der Waals surface area contributed by atoms with E-state index < -0.39 is 0 Å². The van der Waals surface area contributed by atoms with Gasteiger partial charge in [0, 0.05) is 30.7 Å². The van der Waals surface area contributed by atoms with E-state index >= 15 is 0 Å². The number of anilines is 3. The van der Waals surface area contributed by atoms with Gasteiger partial charge in [-0.15, -0.1) is 0 Å². The van der Waals surface area contributed by atoms with E-state index in [1.54, 1.807) is 6.33 Å². The predicted octanol–water partition coefficient (Wildman–Crippen LogP) is 3.69. The average Bonchev–Trinajstić information content (AvgIpc) is 3.06. The summed E-state index contributed by atoms with van der Waals surface area (Å²) in [7, 11) is 0. The quantitative estimate of drug-likeness (QED) is 0.773. The highest BCUT2D eigenvalue weighted by atomic mass is 15.1. The molecule has 1 saturated heterocycles. The molecule has 1 fully saturated rings. The Morgan fingerprint density at radius 3 is 2.59 bits per heavy atom. The normalized spacial score (nSPS) is 15.2. The molecular formula is C17H19N5. The van der Waals surface area contributed by atoms with Gasteiger partial charge in [-0.05, 0) is 49.6 Å². The SMILES string of the molecule is c1nc(Nc2ccc(N3CCCCC3)cc2)c2cc[nH]c2n1. The van der Waals surface area contributed by atoms with Crippen molar-refractivity contribution >= 4 is 28.2 Å². The molecule has 1 aromatic carbocycles. The van der Waals surface area contributed by atoms with Crippen LogP contribution in [-0.4, -0.2) is 28.0 Å². The summed E-state index contributed by atoms with van der Waals surface area (Å²) in [5, 5.41) is 4.38. The van der Waals surface area contributed by atoms with Crippen molar-refractivity contribution in [1.29, 1.82) is 0 Å². The van der Waals surface area contributed by atoms with Gasteiger partial charge in [0.2, 0.25) is 0 Å². The lowest BCUT2D eigenvalue weighted by molar-refractivity contribution is 0.578. The fraction of sp³-hybridized carbons (Fsp3) is 0.294. The molecule has 0 radical (unpaired) electrons. The fourth-order valence-electron chi connectivity index (χ4n) is 3.02. The van der Waals surface area contributed by atoms with Crippen molar-refractivity contribution in [3.8, 4) is 0 Å². The van der Waals surface area contributed by atoms with Crippen LogP contribution in [0.4, 0.5) is 17.2 Å². The molecule has 3 heterocycles. The number of rotatable bonds is 3. The lowest BCUT2D eigenvalue weighted by Gasteiger charge is -2.28. The molecule has 0 atom stereocenters. The highest BCUT2D eigenvalue weighted by Gasteiger charge is 2.11. The van der Waals surface area contributed by atoms with E-state index in [1.165, 1.54) is 38.0 Å². The lowest BCUT2D eigenvalue weighted by atomic mass is 10.1. The molecule has 0 saturated carbocycles. The molecule has 0 unspecified atom stereocenters. The first kappa shape index (κ1) is 13.1. The Morgan fingerprint density at radius 2 is 1.77 bits per heavy atom. The minimum atomic E-state index is 0.831. The first-order valence-corrected chi connectivity index (χ1v) is 7.80. The summed E-state index contributed by atoms with van der Waals surface area (Å²) in [6.07, 6.45) is 7.41. The van der Waals surface area contributed by atoms with Crippen molar-refractivity contribution in [1.82, 2.24) is 15.0 Å². The summed E-state index contributed by atoms with van der Waals surface area (Å²) in [6, 6.07) is 10.6. The van der Waals surface area contributed by atoms with E-state index in [2.05, 4.69) is 49.4 Å². The van der Waals surface area contributed by atoms with E-state index in [-0.39, 0.29) is 0 Å². The molecule has 1 aliphatic heterocycles. The van der Waals surface area contributed by atoms with Gasteiger partial charge in [-0.3, -0.25) is 0 Å². The highest BCUT2D eigenvalue weighted by Crippen LogP contribution is 2.25. The Morgan fingerprint density at radius 1 is 0.955 bits per heavy atom. The van der Waals surface area contributed by atoms with Crippen molar-refractivity contribution in [2.45, 2.75) is 19.3 Å². The van der Waals surface area contributed by atoms with Crippen LogP contribution in [0.5, 0.6) is 0 Å². The Hall–Kier alpha value is -2.56. The minimum absolute atomic E-state index is 0.831. The summed E-state index contributed by atoms with van der Waals surface area (Å²) in [4.78, 5) is 14.1. The number of aromatic amines is 1. The van der Waals surface area contributed by atoms with E-state index in [9.17, 15) is 0 Å². The summed E-state index contributed by atoms with van der Waals surface area (Å²) in [5.74, 6) is 0.831. The van der Waals surface area contributed by atoms with Crippen LogP contribution in [0.15, 0.2) is 42.9 Å². The average molecular weight is 293 g/mol. The lowest BCUT2D eigenvalue weighted by Crippen LogP contribution is -2.29. The second-order valence-corrected chi connectivity index (χ2v) is 5.68. The number of hydrogen-bond acceptors (Lipinski definition) is 4. The number of piperidine rings is 1. The molecule has 0 spiro atoms. The Labute approximate surface area is 129 Å². The van der Waals surface area contributed by atoms with Gasteiger partial charge in [0.25, 0.3) is 0 Å². The highest BCUT2D eigenvalue weighted by molar-refractivity contribution is 5.88. The summed E-state index contributed by atoms with van der Waals surface area (Å²) in [5.41, 5.74) is 3.20. The monoisotopic (exact) mass is 293 g/mol. The van der Waals surface area contributed by atoms with Crippen molar-refractivity contribution in [2.24, 2.45) is 0 Å². The molecule has 5 heteroatoms. The third-order valence-electron chi connectivity index (χ3n) is 4.21. The smallest absolute Gasteiger partial charge is 0.143 e. The zero-order valence-electron chi connectivity index (χ0n) is 12.4. The molecule has 0 bridgehead atoms. The molecule has 0 aliphatic carbocycles. The summed E-state index contributed by atoms with van der Waals surface area (Å²) >= 11 is 0. The predicted molar refractivity (Wildman–Crippen MR) is 89.7 cm³/mol. The van der Waals surface area contributed by atoms with E-state index in [4.69, 9.17) is 0 Å². The molecule has 22 heavy (non-hydrogen) atoms. The van der Waals surface area contributed by atoms with Gasteiger partial charge >= 0.3 is 0 Å². The van der Waals surface area contributed by atoms with Gasteiger partial charge in [-0.1, -0.05) is 0 Å². The second-order valence-electron chi connectivity index (χ2n) is 5.68. The molecule has 112 valence electrons. The first-order chi connectivity index (χ1) is 10.9. The van der Waals surface area contributed by atoms with Crippen LogP contribution >= 0.6 is 0 Å². The number of benzene rings is 1. The van der Waals surface area contributed by atoms with Gasteiger partial charge in [0.1, 0.15) is 17.8 Å². The summed E-state index contributed by atoms with van der Waals surface area (Å²) in [6.45, 7) is 2.34. The number of H-pyrrole nitrogens is 1. The van der Waals surface area contributed by atoms with E-state index in [0.29, 0.717) is 0 Å². The Balaban J connectivity index is 1.54. The number of hydrogen-bond donors (Lipinski definition) is 2. The Kier molecular flexibility index (Phi) is 3.39. The van der Waals surface area contributed by atoms with Crippen molar-refractivity contribution < 1.29 is 0 Å². The summed E-state index contributed by atoms with van der Waals surface area (Å²) < 4.78 is 0. The topological polar surface area (TPSA) is 56.8 Å². The van der Waals surface area contributed by atoms with Gasteiger partial charge in [-0.2, -0.15) is 0 Å². The van der Waals surface area contributed by atoms with Gasteiger partial charge < -0.3 is 15.2 Å². The third-order valence-corrected chi connectivity index (χ3v) is 4.21. The third kappa shape index (κ3) is 2.50. The molecule has 0 amide bonds. The van der Waals surface area contributed by atoms with Crippen LogP contribution in [0.3, 0.4) is 0 Å².